The van der Waals surface area contributed by atoms with Crippen LogP contribution >= 0.6 is 0 Å². The Bertz CT molecular complexity index is 164. The van der Waals surface area contributed by atoms with Crippen molar-refractivity contribution in [1.82, 2.24) is 0 Å². The molecule has 0 radical (unpaired) electrons. The van der Waals surface area contributed by atoms with Crippen LogP contribution < -0.4 is 11.5 Å². The van der Waals surface area contributed by atoms with Gasteiger partial charge in [0.25, 0.3) is 5.09 Å². The van der Waals surface area contributed by atoms with Crippen molar-refractivity contribution in [2.24, 2.45) is 11.5 Å². The molecule has 0 aromatic rings. The van der Waals surface area contributed by atoms with Gasteiger partial charge in [-0.05, 0) is 0 Å². The second-order valence-electron chi connectivity index (χ2n) is 1.43. The van der Waals surface area contributed by atoms with Crippen molar-refractivity contribution in [3.63, 3.8) is 0 Å². The molecule has 0 saturated carbocycles. The maximum absolute atomic E-state index is 9.24. The highest BCUT2D eigenvalue weighted by Gasteiger charge is 1.81. The number of carbonyl (C=O) groups is 2. The van der Waals surface area contributed by atoms with E-state index in [0.29, 0.717) is 0 Å². The van der Waals surface area contributed by atoms with Gasteiger partial charge in [-0.2, -0.15) is 0 Å². The van der Waals surface area contributed by atoms with E-state index in [1.165, 1.54) is 0 Å². The van der Waals surface area contributed by atoms with Crippen molar-refractivity contribution >= 4 is 11.9 Å². The fourth-order valence-corrected chi connectivity index (χ4v) is 0. The Balaban J connectivity index is -0.000000131. The summed E-state index contributed by atoms with van der Waals surface area (Å²) in [5.74, 6) is -1.94. The number of carboxylic acid groups (broad SMARTS) is 2. The third-order valence-corrected chi connectivity index (χ3v) is 0.349. The van der Waals surface area contributed by atoms with Crippen molar-refractivity contribution in [3.05, 3.63) is 10.1 Å². The predicted octanol–water partition coefficient (Wildman–Crippen LogP) is -2.29. The molecule has 10 heteroatoms. The summed E-state index contributed by atoms with van der Waals surface area (Å²) >= 11 is 0. The Hall–Kier alpha value is -1.94. The first-order chi connectivity index (χ1) is 6.27. The number of hydrogen-bond donors (Lipinski definition) is 5. The first-order valence-electron chi connectivity index (χ1n) is 2.94. The SMILES string of the molecule is NCC(=O)O.NCC(=O)O.O=[N+]([O-])O. The zero-order valence-corrected chi connectivity index (χ0v) is 6.99. The molecule has 0 unspecified atom stereocenters. The number of nitrogens with zero attached hydrogens (tertiary/aromatic N) is 1. The zero-order chi connectivity index (χ0) is 12.1. The first kappa shape index (κ1) is 18.0. The van der Waals surface area contributed by atoms with E-state index in [1.807, 2.05) is 0 Å². The van der Waals surface area contributed by atoms with Crippen molar-refractivity contribution in [2.45, 2.75) is 0 Å². The summed E-state index contributed by atoms with van der Waals surface area (Å²) in [6, 6.07) is 0. The fourth-order valence-electron chi connectivity index (χ4n) is 0. The van der Waals surface area contributed by atoms with E-state index in [-0.39, 0.29) is 13.1 Å². The molecule has 14 heavy (non-hydrogen) atoms. The molecule has 0 aromatic heterocycles. The van der Waals surface area contributed by atoms with Gasteiger partial charge in [0.05, 0.1) is 13.1 Å². The molecule has 0 spiro atoms. The first-order valence-corrected chi connectivity index (χ1v) is 2.94. The second-order valence-corrected chi connectivity index (χ2v) is 1.43. The maximum atomic E-state index is 9.24. The minimum Gasteiger partial charge on any atom is -0.480 e. The standard InChI is InChI=1S/2C2H5NO2.HNO3/c2*3-1-2(4)5;2-1(3)4/h2*1,3H2,(H,4,5);(H,2,3,4). The molecule has 0 aliphatic rings. The molecule has 84 valence electrons. The normalized spacial score (nSPS) is 7.00. The largest absolute Gasteiger partial charge is 0.480 e. The average Bonchev–Trinajstić information content (AvgIpc) is 2.04. The van der Waals surface area contributed by atoms with Gasteiger partial charge in [-0.3, -0.25) is 9.59 Å². The van der Waals surface area contributed by atoms with Crippen LogP contribution in [0, 0.1) is 10.1 Å². The molecule has 0 aromatic carbocycles. The lowest BCUT2D eigenvalue weighted by molar-refractivity contribution is -0.742. The minimum absolute atomic E-state index is 0.278. The topological polar surface area (TPSA) is 190 Å². The Morgan fingerprint density at radius 2 is 1.21 bits per heavy atom. The molecule has 10 nitrogen and oxygen atoms in total. The van der Waals surface area contributed by atoms with Crippen molar-refractivity contribution in [3.8, 4) is 0 Å². The number of nitrogens with two attached hydrogens (primary N) is 2. The van der Waals surface area contributed by atoms with Gasteiger partial charge in [-0.25, -0.2) is 0 Å². The highest BCUT2D eigenvalue weighted by Crippen LogP contribution is 1.44. The zero-order valence-electron chi connectivity index (χ0n) is 6.99. The summed E-state index contributed by atoms with van der Waals surface area (Å²) in [6.07, 6.45) is 0. The van der Waals surface area contributed by atoms with Gasteiger partial charge in [0, 0.05) is 0 Å². The number of aliphatic carboxylic acids is 2. The van der Waals surface area contributed by atoms with E-state index in [1.54, 1.807) is 0 Å². The van der Waals surface area contributed by atoms with Crippen LogP contribution in [0.15, 0.2) is 0 Å². The van der Waals surface area contributed by atoms with Crippen molar-refractivity contribution in [1.29, 1.82) is 0 Å². The van der Waals surface area contributed by atoms with Crippen LogP contribution in [0.2, 0.25) is 0 Å². The van der Waals surface area contributed by atoms with Crippen LogP contribution in [0.1, 0.15) is 0 Å². The Kier molecular flexibility index (Phi) is 17.5. The molecule has 0 atom stereocenters. The van der Waals surface area contributed by atoms with E-state index >= 15 is 0 Å². The summed E-state index contributed by atoms with van der Waals surface area (Å²) in [5, 5.41) is 28.8. The summed E-state index contributed by atoms with van der Waals surface area (Å²) in [5.41, 5.74) is 9.14. The Morgan fingerprint density at radius 3 is 1.21 bits per heavy atom. The molecule has 0 saturated heterocycles. The monoisotopic (exact) mass is 213 g/mol. The lowest BCUT2D eigenvalue weighted by Crippen LogP contribution is -2.10. The van der Waals surface area contributed by atoms with Gasteiger partial charge in [0.15, 0.2) is 0 Å². The predicted molar refractivity (Wildman–Crippen MR) is 42.2 cm³/mol. The Morgan fingerprint density at radius 1 is 1.14 bits per heavy atom. The summed E-state index contributed by atoms with van der Waals surface area (Å²) in [4.78, 5) is 26.8. The summed E-state index contributed by atoms with van der Waals surface area (Å²) in [6.45, 7) is -0.556. The van der Waals surface area contributed by atoms with Crippen LogP contribution in [0.3, 0.4) is 0 Å². The molecule has 0 fully saturated rings. The van der Waals surface area contributed by atoms with Gasteiger partial charge in [-0.1, -0.05) is 0 Å². The molecule has 0 rings (SSSR count). The minimum atomic E-state index is -1.50. The number of hydrogen-bond acceptors (Lipinski definition) is 6. The summed E-state index contributed by atoms with van der Waals surface area (Å²) in [7, 11) is 0. The highest BCUT2D eigenvalue weighted by molar-refractivity contribution is 5.68. The van der Waals surface area contributed by atoms with Crippen LogP contribution in [0.4, 0.5) is 0 Å². The lowest BCUT2D eigenvalue weighted by Gasteiger charge is -1.73. The van der Waals surface area contributed by atoms with E-state index in [0.717, 1.165) is 0 Å². The smallest absolute Gasteiger partial charge is 0.317 e. The lowest BCUT2D eigenvalue weighted by atomic mass is 10.7. The quantitative estimate of drug-likeness (QED) is 0.248. The van der Waals surface area contributed by atoms with E-state index < -0.39 is 17.0 Å². The number of rotatable bonds is 2. The van der Waals surface area contributed by atoms with Gasteiger partial charge >= 0.3 is 11.9 Å². The molecule has 0 aliphatic carbocycles. The molecule has 0 amide bonds. The van der Waals surface area contributed by atoms with E-state index in [2.05, 4.69) is 11.5 Å². The molecular weight excluding hydrogens is 202 g/mol. The third kappa shape index (κ3) is 195. The molecule has 0 heterocycles. The van der Waals surface area contributed by atoms with Crippen LogP contribution in [-0.4, -0.2) is 45.5 Å². The fraction of sp³-hybridized carbons (Fsp3) is 0.500. The van der Waals surface area contributed by atoms with E-state index in [9.17, 15) is 9.59 Å². The van der Waals surface area contributed by atoms with Crippen LogP contribution in [0.25, 0.3) is 0 Å². The van der Waals surface area contributed by atoms with Gasteiger partial charge in [-0.15, -0.1) is 10.1 Å². The van der Waals surface area contributed by atoms with E-state index in [4.69, 9.17) is 25.5 Å². The highest BCUT2D eigenvalue weighted by atomic mass is 16.9. The molecule has 0 aliphatic heterocycles. The molecule has 0 bridgehead atoms. The van der Waals surface area contributed by atoms with Crippen LogP contribution in [-0.2, 0) is 9.59 Å². The third-order valence-electron chi connectivity index (χ3n) is 0.349. The summed E-state index contributed by atoms with van der Waals surface area (Å²) < 4.78 is 0. The second kappa shape index (κ2) is 13.6. The van der Waals surface area contributed by atoms with Crippen LogP contribution in [0.5, 0.6) is 0 Å². The Labute approximate surface area is 77.8 Å². The molecular formula is C4H11N3O7. The average molecular weight is 213 g/mol. The molecule has 7 N–H and O–H groups in total. The van der Waals surface area contributed by atoms with Gasteiger partial charge < -0.3 is 26.9 Å². The maximum Gasteiger partial charge on any atom is 0.317 e. The van der Waals surface area contributed by atoms with Gasteiger partial charge in [0.2, 0.25) is 0 Å². The number of carboxylic acids is 2. The van der Waals surface area contributed by atoms with Gasteiger partial charge in [0.1, 0.15) is 0 Å². The van der Waals surface area contributed by atoms with Crippen molar-refractivity contribution < 1.29 is 30.1 Å². The van der Waals surface area contributed by atoms with Crippen molar-refractivity contribution in [2.75, 3.05) is 13.1 Å².